The quantitative estimate of drug-likeness (QED) is 0.580. The molecule has 1 aromatic rings. The lowest BCUT2D eigenvalue weighted by Gasteiger charge is -2.12. The topological polar surface area (TPSA) is 50.7 Å². The molecule has 0 fully saturated rings. The monoisotopic (exact) mass is 299 g/mol. The molecule has 0 aliphatic heterocycles. The van der Waals surface area contributed by atoms with Crippen molar-refractivity contribution in [3.05, 3.63) is 35.6 Å². The number of rotatable bonds is 12. The highest BCUT2D eigenvalue weighted by atomic mass is 19.1. The first-order valence-electron chi connectivity index (χ1n) is 7.51. The standard InChI is InChI=1S/C16H26FNO3/c1-2-3-8-20-9-10-21-13-16(19)12-18-11-14-4-6-15(17)7-5-14/h4-7,16,18-19H,2-3,8-13H2,1H3. The smallest absolute Gasteiger partial charge is 0.123 e. The van der Waals surface area contributed by atoms with Crippen LogP contribution in [0.15, 0.2) is 24.3 Å². The van der Waals surface area contributed by atoms with Crippen LogP contribution in [0.1, 0.15) is 25.3 Å². The maximum absolute atomic E-state index is 12.7. The Balaban J connectivity index is 1.96. The Bertz CT molecular complexity index is 359. The molecule has 0 amide bonds. The molecule has 0 aliphatic rings. The summed E-state index contributed by atoms with van der Waals surface area (Å²) < 4.78 is 23.4. The van der Waals surface area contributed by atoms with Gasteiger partial charge in [0.2, 0.25) is 0 Å². The summed E-state index contributed by atoms with van der Waals surface area (Å²) >= 11 is 0. The second kappa shape index (κ2) is 11.6. The highest BCUT2D eigenvalue weighted by Crippen LogP contribution is 2.02. The third-order valence-corrected chi connectivity index (χ3v) is 2.95. The second-order valence-electron chi connectivity index (χ2n) is 4.95. The molecule has 1 aromatic carbocycles. The van der Waals surface area contributed by atoms with Gasteiger partial charge in [-0.15, -0.1) is 0 Å². The second-order valence-corrected chi connectivity index (χ2v) is 4.95. The lowest BCUT2D eigenvalue weighted by Crippen LogP contribution is -2.30. The molecule has 2 N–H and O–H groups in total. The lowest BCUT2D eigenvalue weighted by atomic mass is 10.2. The van der Waals surface area contributed by atoms with Crippen LogP contribution in [0.2, 0.25) is 0 Å². The van der Waals surface area contributed by atoms with E-state index in [-0.39, 0.29) is 12.4 Å². The zero-order chi connectivity index (χ0) is 15.3. The zero-order valence-corrected chi connectivity index (χ0v) is 12.7. The van der Waals surface area contributed by atoms with Crippen molar-refractivity contribution >= 4 is 0 Å². The van der Waals surface area contributed by atoms with Gasteiger partial charge in [0.25, 0.3) is 0 Å². The van der Waals surface area contributed by atoms with E-state index in [0.29, 0.717) is 26.3 Å². The van der Waals surface area contributed by atoms with Crippen LogP contribution in [0.3, 0.4) is 0 Å². The normalized spacial score (nSPS) is 12.5. The van der Waals surface area contributed by atoms with E-state index in [9.17, 15) is 9.50 Å². The zero-order valence-electron chi connectivity index (χ0n) is 12.7. The molecule has 0 saturated carbocycles. The number of unbranched alkanes of at least 4 members (excludes halogenated alkanes) is 1. The summed E-state index contributed by atoms with van der Waals surface area (Å²) in [6, 6.07) is 6.29. The molecule has 1 unspecified atom stereocenters. The number of nitrogens with one attached hydrogen (secondary N) is 1. The third-order valence-electron chi connectivity index (χ3n) is 2.95. The van der Waals surface area contributed by atoms with Gasteiger partial charge in [-0.05, 0) is 24.1 Å². The van der Waals surface area contributed by atoms with Crippen LogP contribution >= 0.6 is 0 Å². The van der Waals surface area contributed by atoms with Crippen LogP contribution in [0, 0.1) is 5.82 Å². The van der Waals surface area contributed by atoms with Gasteiger partial charge in [0.05, 0.1) is 25.9 Å². The van der Waals surface area contributed by atoms with Crippen molar-refractivity contribution in [2.75, 3.05) is 33.0 Å². The van der Waals surface area contributed by atoms with Gasteiger partial charge in [0.1, 0.15) is 5.82 Å². The van der Waals surface area contributed by atoms with Gasteiger partial charge in [0, 0.05) is 19.7 Å². The molecule has 0 aliphatic carbocycles. The summed E-state index contributed by atoms with van der Waals surface area (Å²) in [5.41, 5.74) is 0.980. The van der Waals surface area contributed by atoms with Crippen LogP contribution in [0.4, 0.5) is 4.39 Å². The van der Waals surface area contributed by atoms with Crippen LogP contribution in [-0.2, 0) is 16.0 Å². The Hall–Kier alpha value is -1.01. The van der Waals surface area contributed by atoms with Gasteiger partial charge in [-0.3, -0.25) is 0 Å². The Morgan fingerprint density at radius 3 is 2.57 bits per heavy atom. The predicted molar refractivity (Wildman–Crippen MR) is 80.7 cm³/mol. The molecule has 0 saturated heterocycles. The first-order valence-corrected chi connectivity index (χ1v) is 7.51. The van der Waals surface area contributed by atoms with E-state index in [2.05, 4.69) is 12.2 Å². The number of halogens is 1. The molecule has 5 heteroatoms. The first kappa shape index (κ1) is 18.0. The fourth-order valence-corrected chi connectivity index (χ4v) is 1.73. The Kier molecular flexibility index (Phi) is 9.99. The molecule has 0 radical (unpaired) electrons. The number of hydrogen-bond acceptors (Lipinski definition) is 4. The molecule has 0 aromatic heterocycles. The van der Waals surface area contributed by atoms with Crippen LogP contribution in [-0.4, -0.2) is 44.2 Å². The Morgan fingerprint density at radius 1 is 1.14 bits per heavy atom. The van der Waals surface area contributed by atoms with Gasteiger partial charge in [-0.1, -0.05) is 25.5 Å². The van der Waals surface area contributed by atoms with E-state index in [1.807, 2.05) is 0 Å². The summed E-state index contributed by atoms with van der Waals surface area (Å²) in [5, 5.41) is 12.8. The van der Waals surface area contributed by atoms with Crippen molar-refractivity contribution in [2.24, 2.45) is 0 Å². The van der Waals surface area contributed by atoms with Gasteiger partial charge in [-0.2, -0.15) is 0 Å². The SMILES string of the molecule is CCCCOCCOCC(O)CNCc1ccc(F)cc1. The van der Waals surface area contributed by atoms with E-state index >= 15 is 0 Å². The highest BCUT2D eigenvalue weighted by molar-refractivity contribution is 5.15. The largest absolute Gasteiger partial charge is 0.389 e. The van der Waals surface area contributed by atoms with Gasteiger partial charge in [-0.25, -0.2) is 4.39 Å². The van der Waals surface area contributed by atoms with Crippen molar-refractivity contribution < 1.29 is 19.0 Å². The molecule has 0 spiro atoms. The minimum absolute atomic E-state index is 0.242. The molecule has 1 atom stereocenters. The number of ether oxygens (including phenoxy) is 2. The van der Waals surface area contributed by atoms with Crippen molar-refractivity contribution in [3.8, 4) is 0 Å². The lowest BCUT2D eigenvalue weighted by molar-refractivity contribution is 0.00385. The molecule has 21 heavy (non-hydrogen) atoms. The summed E-state index contributed by atoms with van der Waals surface area (Å²) in [6.45, 7) is 5.27. The van der Waals surface area contributed by atoms with Gasteiger partial charge >= 0.3 is 0 Å². The van der Waals surface area contributed by atoms with E-state index < -0.39 is 6.10 Å². The number of aliphatic hydroxyl groups excluding tert-OH is 1. The van der Waals surface area contributed by atoms with Crippen molar-refractivity contribution in [2.45, 2.75) is 32.4 Å². The maximum atomic E-state index is 12.7. The Morgan fingerprint density at radius 2 is 1.86 bits per heavy atom. The predicted octanol–water partition coefficient (Wildman–Crippen LogP) is 2.11. The van der Waals surface area contributed by atoms with Crippen LogP contribution in [0.25, 0.3) is 0 Å². The van der Waals surface area contributed by atoms with E-state index in [4.69, 9.17) is 9.47 Å². The highest BCUT2D eigenvalue weighted by Gasteiger charge is 2.04. The number of hydrogen-bond donors (Lipinski definition) is 2. The van der Waals surface area contributed by atoms with E-state index in [1.54, 1.807) is 12.1 Å². The fraction of sp³-hybridized carbons (Fsp3) is 0.625. The minimum Gasteiger partial charge on any atom is -0.389 e. The summed E-state index contributed by atoms with van der Waals surface area (Å²) in [5.74, 6) is -0.242. The number of benzene rings is 1. The van der Waals surface area contributed by atoms with Gasteiger partial charge in [0.15, 0.2) is 0 Å². The van der Waals surface area contributed by atoms with Crippen molar-refractivity contribution in [1.29, 1.82) is 0 Å². The van der Waals surface area contributed by atoms with Crippen molar-refractivity contribution in [3.63, 3.8) is 0 Å². The van der Waals surface area contributed by atoms with E-state index in [0.717, 1.165) is 25.0 Å². The fourth-order valence-electron chi connectivity index (χ4n) is 1.73. The summed E-state index contributed by atoms with van der Waals surface area (Å²) in [6.07, 6.45) is 1.64. The maximum Gasteiger partial charge on any atom is 0.123 e. The van der Waals surface area contributed by atoms with Crippen LogP contribution < -0.4 is 5.32 Å². The average molecular weight is 299 g/mol. The van der Waals surface area contributed by atoms with Gasteiger partial charge < -0.3 is 19.9 Å². The third kappa shape index (κ3) is 9.52. The molecular formula is C16H26FNO3. The summed E-state index contributed by atoms with van der Waals surface area (Å²) in [4.78, 5) is 0. The molecule has 0 heterocycles. The van der Waals surface area contributed by atoms with Crippen molar-refractivity contribution in [1.82, 2.24) is 5.32 Å². The molecular weight excluding hydrogens is 273 g/mol. The summed E-state index contributed by atoms with van der Waals surface area (Å²) in [7, 11) is 0. The van der Waals surface area contributed by atoms with Crippen LogP contribution in [0.5, 0.6) is 0 Å². The van der Waals surface area contributed by atoms with E-state index in [1.165, 1.54) is 12.1 Å². The Labute approximate surface area is 126 Å². The molecule has 4 nitrogen and oxygen atoms in total. The first-order chi connectivity index (χ1) is 10.2. The molecule has 1 rings (SSSR count). The molecule has 120 valence electrons. The molecule has 0 bridgehead atoms. The number of aliphatic hydroxyl groups is 1. The minimum atomic E-state index is -0.555. The average Bonchev–Trinajstić information content (AvgIpc) is 2.48.